The third-order valence-electron chi connectivity index (χ3n) is 4.01. The highest BCUT2D eigenvalue weighted by Crippen LogP contribution is 2.35. The van der Waals surface area contributed by atoms with E-state index in [1.165, 1.54) is 29.3 Å². The number of primary sulfonamides is 1. The standard InChI is InChI=1S/C18H15Br2N3O4S/c1-10-15(8-11-7-12(19)9-16(20)17(11)27-2)18(24)23(22-10)13-3-5-14(6-4-13)28(21,25)26/h3-9H,1-2H3,(H2,21,25,26)/b15-8-. The van der Waals surface area contributed by atoms with Gasteiger partial charge in [0.2, 0.25) is 10.0 Å². The number of hydrogen-bond donors (Lipinski definition) is 1. The fraction of sp³-hybridized carbons (Fsp3) is 0.111. The molecule has 1 heterocycles. The number of nitrogens with two attached hydrogens (primary N) is 1. The molecule has 1 amide bonds. The molecule has 2 N–H and O–H groups in total. The van der Waals surface area contributed by atoms with Crippen molar-refractivity contribution in [2.45, 2.75) is 11.8 Å². The van der Waals surface area contributed by atoms with Crippen molar-refractivity contribution in [1.29, 1.82) is 0 Å². The molecule has 7 nitrogen and oxygen atoms in total. The molecule has 0 aliphatic carbocycles. The second-order valence-electron chi connectivity index (χ2n) is 5.91. The van der Waals surface area contributed by atoms with E-state index in [0.717, 1.165) is 8.95 Å². The van der Waals surface area contributed by atoms with E-state index in [9.17, 15) is 13.2 Å². The molecule has 3 rings (SSSR count). The van der Waals surface area contributed by atoms with Crippen LogP contribution in [0.4, 0.5) is 5.69 Å². The molecule has 1 aliphatic rings. The first kappa shape index (κ1) is 20.7. The van der Waals surface area contributed by atoms with Gasteiger partial charge in [-0.05, 0) is 65.3 Å². The van der Waals surface area contributed by atoms with Crippen molar-refractivity contribution >= 4 is 65.3 Å². The molecule has 2 aromatic carbocycles. The number of carbonyl (C=O) groups is 1. The molecule has 0 bridgehead atoms. The Morgan fingerprint density at radius 2 is 1.82 bits per heavy atom. The first-order chi connectivity index (χ1) is 13.1. The number of halogens is 2. The van der Waals surface area contributed by atoms with Gasteiger partial charge in [-0.2, -0.15) is 10.1 Å². The average molecular weight is 529 g/mol. The number of rotatable bonds is 4. The van der Waals surface area contributed by atoms with Crippen LogP contribution in [-0.4, -0.2) is 27.1 Å². The van der Waals surface area contributed by atoms with Crippen LogP contribution < -0.4 is 14.9 Å². The van der Waals surface area contributed by atoms with Crippen LogP contribution >= 0.6 is 31.9 Å². The molecule has 0 fully saturated rings. The Morgan fingerprint density at radius 1 is 1.18 bits per heavy atom. The number of hydrazone groups is 1. The van der Waals surface area contributed by atoms with Crippen LogP contribution in [0.15, 0.2) is 60.9 Å². The molecule has 10 heteroatoms. The maximum atomic E-state index is 12.9. The van der Waals surface area contributed by atoms with Gasteiger partial charge in [0.15, 0.2) is 0 Å². The Morgan fingerprint density at radius 3 is 2.39 bits per heavy atom. The molecule has 0 unspecified atom stereocenters. The van der Waals surface area contributed by atoms with E-state index in [1.807, 2.05) is 12.1 Å². The molecule has 28 heavy (non-hydrogen) atoms. The van der Waals surface area contributed by atoms with Gasteiger partial charge in [0, 0.05) is 10.0 Å². The molecule has 1 aliphatic heterocycles. The average Bonchev–Trinajstić information content (AvgIpc) is 2.89. The SMILES string of the molecule is COc1c(Br)cc(Br)cc1/C=C1\C(=O)N(c2ccc(S(N)(=O)=O)cc2)N=C1C. The fourth-order valence-electron chi connectivity index (χ4n) is 2.69. The van der Waals surface area contributed by atoms with Crippen LogP contribution in [-0.2, 0) is 14.8 Å². The van der Waals surface area contributed by atoms with E-state index in [0.29, 0.717) is 28.3 Å². The quantitative estimate of drug-likeness (QED) is 0.611. The molecule has 0 saturated heterocycles. The number of carbonyl (C=O) groups excluding carboxylic acids is 1. The molecule has 146 valence electrons. The normalized spacial score (nSPS) is 15.9. The van der Waals surface area contributed by atoms with Gasteiger partial charge in [0.05, 0.1) is 33.5 Å². The highest BCUT2D eigenvalue weighted by Gasteiger charge is 2.29. The predicted octanol–water partition coefficient (Wildman–Crippen LogP) is 3.67. The lowest BCUT2D eigenvalue weighted by Crippen LogP contribution is -2.21. The van der Waals surface area contributed by atoms with Gasteiger partial charge < -0.3 is 4.74 Å². The smallest absolute Gasteiger partial charge is 0.280 e. The van der Waals surface area contributed by atoms with Crippen LogP contribution in [0.2, 0.25) is 0 Å². The van der Waals surface area contributed by atoms with Gasteiger partial charge in [0.1, 0.15) is 5.75 Å². The maximum absolute atomic E-state index is 12.9. The molecule has 0 saturated carbocycles. The largest absolute Gasteiger partial charge is 0.495 e. The number of methoxy groups -OCH3 is 1. The molecular weight excluding hydrogens is 514 g/mol. The molecule has 0 spiro atoms. The van der Waals surface area contributed by atoms with Crippen LogP contribution in [0, 0.1) is 0 Å². The number of hydrogen-bond acceptors (Lipinski definition) is 5. The van der Waals surface area contributed by atoms with Crippen LogP contribution in [0.3, 0.4) is 0 Å². The maximum Gasteiger partial charge on any atom is 0.280 e. The van der Waals surface area contributed by atoms with Crippen molar-refractivity contribution in [2.75, 3.05) is 12.1 Å². The number of benzene rings is 2. The number of ether oxygens (including phenoxy) is 1. The second-order valence-corrected chi connectivity index (χ2v) is 9.24. The van der Waals surface area contributed by atoms with E-state index >= 15 is 0 Å². The minimum atomic E-state index is -3.81. The summed E-state index contributed by atoms with van der Waals surface area (Å²) >= 11 is 6.87. The summed E-state index contributed by atoms with van der Waals surface area (Å²) in [6, 6.07) is 9.30. The van der Waals surface area contributed by atoms with Gasteiger partial charge in [-0.15, -0.1) is 0 Å². The van der Waals surface area contributed by atoms with E-state index < -0.39 is 10.0 Å². The predicted molar refractivity (Wildman–Crippen MR) is 115 cm³/mol. The van der Waals surface area contributed by atoms with E-state index in [2.05, 4.69) is 37.0 Å². The summed E-state index contributed by atoms with van der Waals surface area (Å²) in [6.45, 7) is 1.72. The topological polar surface area (TPSA) is 102 Å². The lowest BCUT2D eigenvalue weighted by Gasteiger charge is -2.12. The van der Waals surface area contributed by atoms with Gasteiger partial charge in [0.25, 0.3) is 5.91 Å². The third-order valence-corrected chi connectivity index (χ3v) is 5.99. The van der Waals surface area contributed by atoms with Crippen molar-refractivity contribution < 1.29 is 17.9 Å². The second kappa shape index (κ2) is 7.78. The van der Waals surface area contributed by atoms with Crippen molar-refractivity contribution in [3.63, 3.8) is 0 Å². The van der Waals surface area contributed by atoms with Gasteiger partial charge in [-0.1, -0.05) is 15.9 Å². The monoisotopic (exact) mass is 527 g/mol. The number of sulfonamides is 1. The molecule has 0 radical (unpaired) electrons. The highest BCUT2D eigenvalue weighted by atomic mass is 79.9. The molecule has 0 aromatic heterocycles. The number of anilines is 1. The highest BCUT2D eigenvalue weighted by molar-refractivity contribution is 9.11. The van der Waals surface area contributed by atoms with Gasteiger partial charge in [-0.25, -0.2) is 13.6 Å². The summed E-state index contributed by atoms with van der Waals surface area (Å²) in [5, 5.41) is 10.6. The van der Waals surface area contributed by atoms with Gasteiger partial charge in [-0.3, -0.25) is 4.79 Å². The Labute approximate surface area is 179 Å². The van der Waals surface area contributed by atoms with Gasteiger partial charge >= 0.3 is 0 Å². The zero-order valence-electron chi connectivity index (χ0n) is 14.8. The lowest BCUT2D eigenvalue weighted by atomic mass is 10.1. The minimum Gasteiger partial charge on any atom is -0.495 e. The summed E-state index contributed by atoms with van der Waals surface area (Å²) in [5.74, 6) is 0.256. The van der Waals surface area contributed by atoms with E-state index in [-0.39, 0.29) is 10.8 Å². The Kier molecular flexibility index (Phi) is 5.76. The van der Waals surface area contributed by atoms with E-state index in [4.69, 9.17) is 9.88 Å². The first-order valence-electron chi connectivity index (χ1n) is 7.89. The molecule has 0 atom stereocenters. The minimum absolute atomic E-state index is 0.0388. The Balaban J connectivity index is 1.99. The molecule has 2 aromatic rings. The third kappa shape index (κ3) is 4.04. The number of amides is 1. The van der Waals surface area contributed by atoms with Crippen LogP contribution in [0.25, 0.3) is 6.08 Å². The molecular formula is C18H15Br2N3O4S. The van der Waals surface area contributed by atoms with Crippen LogP contribution in [0.1, 0.15) is 12.5 Å². The van der Waals surface area contributed by atoms with Crippen molar-refractivity contribution in [2.24, 2.45) is 10.2 Å². The zero-order chi connectivity index (χ0) is 20.6. The van der Waals surface area contributed by atoms with Crippen molar-refractivity contribution in [3.05, 3.63) is 56.5 Å². The van der Waals surface area contributed by atoms with Crippen molar-refractivity contribution in [3.8, 4) is 5.75 Å². The summed E-state index contributed by atoms with van der Waals surface area (Å²) in [6.07, 6.45) is 1.70. The lowest BCUT2D eigenvalue weighted by molar-refractivity contribution is -0.114. The number of nitrogens with zero attached hydrogens (tertiary/aromatic N) is 2. The van der Waals surface area contributed by atoms with Crippen molar-refractivity contribution in [1.82, 2.24) is 0 Å². The first-order valence-corrected chi connectivity index (χ1v) is 11.0. The Bertz CT molecular complexity index is 1130. The Hall–Kier alpha value is -2.01. The summed E-state index contributed by atoms with van der Waals surface area (Å²) in [4.78, 5) is 12.9. The van der Waals surface area contributed by atoms with E-state index in [1.54, 1.807) is 20.1 Å². The summed E-state index contributed by atoms with van der Waals surface area (Å²) in [7, 11) is -2.26. The summed E-state index contributed by atoms with van der Waals surface area (Å²) < 4.78 is 29.8. The van der Waals surface area contributed by atoms with Crippen LogP contribution in [0.5, 0.6) is 5.75 Å². The fourth-order valence-corrected chi connectivity index (χ4v) is 4.63. The zero-order valence-corrected chi connectivity index (χ0v) is 18.8. The summed E-state index contributed by atoms with van der Waals surface area (Å²) in [5.41, 5.74) is 2.06.